The molecule has 0 saturated carbocycles. The standard InChI is InChI=1S/C13H16N2O3/c1-4-5-14-13(18)15-10-6-8(2)9(3)11(7-10)12(16)17/h4,6-7H,1,5H2,2-3H3,(H,16,17)(H2,14,15,18). The molecular weight excluding hydrogens is 232 g/mol. The largest absolute Gasteiger partial charge is 0.478 e. The first-order valence-electron chi connectivity index (χ1n) is 5.46. The monoisotopic (exact) mass is 248 g/mol. The fourth-order valence-corrected chi connectivity index (χ4v) is 1.49. The second kappa shape index (κ2) is 5.86. The quantitative estimate of drug-likeness (QED) is 0.715. The van der Waals surface area contributed by atoms with Crippen molar-refractivity contribution in [1.82, 2.24) is 5.32 Å². The lowest BCUT2D eigenvalue weighted by Crippen LogP contribution is -2.28. The summed E-state index contributed by atoms with van der Waals surface area (Å²) < 4.78 is 0. The van der Waals surface area contributed by atoms with Crippen molar-refractivity contribution in [3.63, 3.8) is 0 Å². The number of benzene rings is 1. The van der Waals surface area contributed by atoms with E-state index in [1.807, 2.05) is 0 Å². The molecule has 0 unspecified atom stereocenters. The van der Waals surface area contributed by atoms with E-state index in [1.54, 1.807) is 26.0 Å². The maximum atomic E-state index is 11.4. The number of carboxylic acid groups (broad SMARTS) is 1. The maximum Gasteiger partial charge on any atom is 0.336 e. The molecule has 0 aliphatic rings. The van der Waals surface area contributed by atoms with Gasteiger partial charge in [0.15, 0.2) is 0 Å². The number of aromatic carboxylic acids is 1. The summed E-state index contributed by atoms with van der Waals surface area (Å²) in [4.78, 5) is 22.5. The summed E-state index contributed by atoms with van der Waals surface area (Å²) in [7, 11) is 0. The van der Waals surface area contributed by atoms with Crippen LogP contribution in [-0.2, 0) is 0 Å². The Hall–Kier alpha value is -2.30. The first-order chi connectivity index (χ1) is 8.45. The molecule has 0 bridgehead atoms. The second-order valence-corrected chi connectivity index (χ2v) is 3.89. The van der Waals surface area contributed by atoms with Crippen LogP contribution in [0.4, 0.5) is 10.5 Å². The van der Waals surface area contributed by atoms with Gasteiger partial charge in [-0.25, -0.2) is 9.59 Å². The third-order valence-corrected chi connectivity index (χ3v) is 2.56. The fraction of sp³-hybridized carbons (Fsp3) is 0.231. The van der Waals surface area contributed by atoms with E-state index in [0.29, 0.717) is 17.8 Å². The van der Waals surface area contributed by atoms with Gasteiger partial charge in [0.05, 0.1) is 5.56 Å². The Morgan fingerprint density at radius 1 is 1.39 bits per heavy atom. The molecule has 0 aliphatic carbocycles. The minimum absolute atomic E-state index is 0.189. The van der Waals surface area contributed by atoms with E-state index >= 15 is 0 Å². The molecule has 2 amide bonds. The summed E-state index contributed by atoms with van der Waals surface area (Å²) in [6.07, 6.45) is 1.56. The number of urea groups is 1. The fourth-order valence-electron chi connectivity index (χ4n) is 1.49. The van der Waals surface area contributed by atoms with Crippen LogP contribution in [0, 0.1) is 13.8 Å². The summed E-state index contributed by atoms with van der Waals surface area (Å²) in [6, 6.07) is 2.78. The van der Waals surface area contributed by atoms with Gasteiger partial charge in [-0.1, -0.05) is 6.08 Å². The highest BCUT2D eigenvalue weighted by Crippen LogP contribution is 2.19. The number of carbonyl (C=O) groups excluding carboxylic acids is 1. The van der Waals surface area contributed by atoms with Crippen molar-refractivity contribution in [3.05, 3.63) is 41.5 Å². The van der Waals surface area contributed by atoms with Crippen LogP contribution in [0.25, 0.3) is 0 Å². The average molecular weight is 248 g/mol. The highest BCUT2D eigenvalue weighted by molar-refractivity contribution is 5.94. The van der Waals surface area contributed by atoms with Gasteiger partial charge in [0.2, 0.25) is 0 Å². The van der Waals surface area contributed by atoms with Crippen molar-refractivity contribution in [1.29, 1.82) is 0 Å². The Bertz CT molecular complexity index is 495. The van der Waals surface area contributed by atoms with Crippen LogP contribution in [0.3, 0.4) is 0 Å². The van der Waals surface area contributed by atoms with E-state index in [0.717, 1.165) is 5.56 Å². The molecule has 96 valence electrons. The van der Waals surface area contributed by atoms with E-state index in [2.05, 4.69) is 17.2 Å². The summed E-state index contributed by atoms with van der Waals surface area (Å²) in [5, 5.41) is 14.2. The molecule has 0 atom stereocenters. The van der Waals surface area contributed by atoms with Crippen molar-refractivity contribution >= 4 is 17.7 Å². The molecule has 3 N–H and O–H groups in total. The van der Waals surface area contributed by atoms with Crippen molar-refractivity contribution in [3.8, 4) is 0 Å². The first kappa shape index (κ1) is 13.8. The zero-order valence-corrected chi connectivity index (χ0v) is 10.4. The second-order valence-electron chi connectivity index (χ2n) is 3.89. The van der Waals surface area contributed by atoms with Gasteiger partial charge in [0, 0.05) is 12.2 Å². The molecule has 0 fully saturated rings. The smallest absolute Gasteiger partial charge is 0.336 e. The maximum absolute atomic E-state index is 11.4. The van der Waals surface area contributed by atoms with Crippen LogP contribution in [0.5, 0.6) is 0 Å². The number of carbonyl (C=O) groups is 2. The van der Waals surface area contributed by atoms with Gasteiger partial charge >= 0.3 is 12.0 Å². The molecule has 1 aromatic rings. The number of aryl methyl sites for hydroxylation is 1. The third kappa shape index (κ3) is 3.35. The predicted octanol–water partition coefficient (Wildman–Crippen LogP) is 2.31. The van der Waals surface area contributed by atoms with Gasteiger partial charge in [0.1, 0.15) is 0 Å². The minimum atomic E-state index is -1.01. The average Bonchev–Trinajstić information content (AvgIpc) is 2.30. The van der Waals surface area contributed by atoms with Crippen LogP contribution in [0.2, 0.25) is 0 Å². The van der Waals surface area contributed by atoms with Crippen LogP contribution in [0.1, 0.15) is 21.5 Å². The van der Waals surface area contributed by atoms with Crippen LogP contribution < -0.4 is 10.6 Å². The Morgan fingerprint density at radius 3 is 2.61 bits per heavy atom. The molecule has 1 rings (SSSR count). The van der Waals surface area contributed by atoms with Gasteiger partial charge in [-0.2, -0.15) is 0 Å². The molecule has 18 heavy (non-hydrogen) atoms. The van der Waals surface area contributed by atoms with E-state index < -0.39 is 12.0 Å². The van der Waals surface area contributed by atoms with E-state index in [9.17, 15) is 9.59 Å². The highest BCUT2D eigenvalue weighted by atomic mass is 16.4. The zero-order chi connectivity index (χ0) is 13.7. The number of hydrogen-bond acceptors (Lipinski definition) is 2. The molecular formula is C13H16N2O3. The normalized spacial score (nSPS) is 9.67. The van der Waals surface area contributed by atoms with Crippen LogP contribution >= 0.6 is 0 Å². The molecule has 0 heterocycles. The zero-order valence-electron chi connectivity index (χ0n) is 10.4. The van der Waals surface area contributed by atoms with E-state index in [4.69, 9.17) is 5.11 Å². The molecule has 0 aromatic heterocycles. The minimum Gasteiger partial charge on any atom is -0.478 e. The lowest BCUT2D eigenvalue weighted by Gasteiger charge is -2.11. The molecule has 0 aliphatic heterocycles. The number of hydrogen-bond donors (Lipinski definition) is 3. The van der Waals surface area contributed by atoms with Gasteiger partial charge in [-0.05, 0) is 37.1 Å². The summed E-state index contributed by atoms with van der Waals surface area (Å²) in [5.41, 5.74) is 2.15. The van der Waals surface area contributed by atoms with E-state index in [-0.39, 0.29) is 5.56 Å². The summed E-state index contributed by atoms with van der Waals surface area (Å²) >= 11 is 0. The molecule has 0 spiro atoms. The summed E-state index contributed by atoms with van der Waals surface area (Å²) in [6.45, 7) is 7.37. The van der Waals surface area contributed by atoms with Crippen LogP contribution in [-0.4, -0.2) is 23.7 Å². The topological polar surface area (TPSA) is 78.4 Å². The SMILES string of the molecule is C=CCNC(=O)Nc1cc(C)c(C)c(C(=O)O)c1. The molecule has 1 aromatic carbocycles. The number of rotatable bonds is 4. The van der Waals surface area contributed by atoms with Crippen molar-refractivity contribution < 1.29 is 14.7 Å². The highest BCUT2D eigenvalue weighted by Gasteiger charge is 2.11. The molecule has 5 heteroatoms. The number of nitrogens with one attached hydrogen (secondary N) is 2. The Balaban J connectivity index is 2.94. The number of anilines is 1. The van der Waals surface area contributed by atoms with Gasteiger partial charge < -0.3 is 15.7 Å². The van der Waals surface area contributed by atoms with Gasteiger partial charge in [-0.3, -0.25) is 0 Å². The number of carboxylic acids is 1. The lowest BCUT2D eigenvalue weighted by molar-refractivity contribution is 0.0696. The van der Waals surface area contributed by atoms with Crippen molar-refractivity contribution in [2.75, 3.05) is 11.9 Å². The van der Waals surface area contributed by atoms with Crippen molar-refractivity contribution in [2.24, 2.45) is 0 Å². The molecule has 0 saturated heterocycles. The van der Waals surface area contributed by atoms with Crippen LogP contribution in [0.15, 0.2) is 24.8 Å². The summed E-state index contributed by atoms with van der Waals surface area (Å²) in [5.74, 6) is -1.01. The lowest BCUT2D eigenvalue weighted by atomic mass is 10.0. The number of amides is 2. The molecule has 5 nitrogen and oxygen atoms in total. The Morgan fingerprint density at radius 2 is 2.06 bits per heavy atom. The first-order valence-corrected chi connectivity index (χ1v) is 5.46. The van der Waals surface area contributed by atoms with Gasteiger partial charge in [0.25, 0.3) is 0 Å². The Kier molecular flexibility index (Phi) is 4.48. The third-order valence-electron chi connectivity index (χ3n) is 2.56. The van der Waals surface area contributed by atoms with Crippen molar-refractivity contribution in [2.45, 2.75) is 13.8 Å². The predicted molar refractivity (Wildman–Crippen MR) is 70.1 cm³/mol. The Labute approximate surface area is 106 Å². The van der Waals surface area contributed by atoms with E-state index in [1.165, 1.54) is 6.07 Å². The molecule has 0 radical (unpaired) electrons. The van der Waals surface area contributed by atoms with Gasteiger partial charge in [-0.15, -0.1) is 6.58 Å².